The second-order valence-corrected chi connectivity index (χ2v) is 17.5. The molecule has 0 N–H and O–H groups in total. The van der Waals surface area contributed by atoms with E-state index in [9.17, 15) is 14.4 Å². The molecule has 0 amide bonds. The molecule has 1 atom stereocenters. The van der Waals surface area contributed by atoms with Crippen molar-refractivity contribution in [2.24, 2.45) is 0 Å². The van der Waals surface area contributed by atoms with E-state index in [4.69, 9.17) is 14.2 Å². The molecule has 0 aromatic heterocycles. The Kier molecular flexibility index (Phi) is 47.3. The van der Waals surface area contributed by atoms with Crippen molar-refractivity contribution in [2.45, 2.75) is 277 Å². The molecule has 0 radical (unpaired) electrons. The zero-order chi connectivity index (χ0) is 43.7. The van der Waals surface area contributed by atoms with Gasteiger partial charge in [0.15, 0.2) is 6.10 Å². The van der Waals surface area contributed by atoms with Gasteiger partial charge in [0.1, 0.15) is 13.2 Å². The Morgan fingerprint density at radius 3 is 1.00 bits per heavy atom. The maximum absolute atomic E-state index is 12.8. The van der Waals surface area contributed by atoms with Crippen molar-refractivity contribution in [3.05, 3.63) is 36.5 Å². The highest BCUT2D eigenvalue weighted by Gasteiger charge is 2.19. The third kappa shape index (κ3) is 46.7. The molecule has 0 saturated heterocycles. The van der Waals surface area contributed by atoms with Gasteiger partial charge in [-0.05, 0) is 38.5 Å². The minimum Gasteiger partial charge on any atom is -0.462 e. The molecule has 60 heavy (non-hydrogen) atoms. The summed E-state index contributed by atoms with van der Waals surface area (Å²) in [5, 5.41) is 0. The van der Waals surface area contributed by atoms with E-state index in [-0.39, 0.29) is 31.1 Å². The van der Waals surface area contributed by atoms with Gasteiger partial charge in [0.25, 0.3) is 0 Å². The first-order valence-corrected chi connectivity index (χ1v) is 26.0. The average Bonchev–Trinajstić information content (AvgIpc) is 3.24. The molecule has 0 heterocycles. The first-order chi connectivity index (χ1) is 29.5. The second kappa shape index (κ2) is 49.3. The summed E-state index contributed by atoms with van der Waals surface area (Å²) in [6.07, 6.45) is 57.0. The van der Waals surface area contributed by atoms with Crippen molar-refractivity contribution in [1.29, 1.82) is 0 Å². The second-order valence-electron chi connectivity index (χ2n) is 17.5. The van der Waals surface area contributed by atoms with Crippen LogP contribution in [0.4, 0.5) is 0 Å². The summed E-state index contributed by atoms with van der Waals surface area (Å²) in [6, 6.07) is 0. The van der Waals surface area contributed by atoms with Crippen LogP contribution in [0.15, 0.2) is 36.5 Å². The fraction of sp³-hybridized carbons (Fsp3) is 0.833. The summed E-state index contributed by atoms with van der Waals surface area (Å²) in [5.74, 6) is -0.884. The van der Waals surface area contributed by atoms with Gasteiger partial charge < -0.3 is 14.2 Å². The normalized spacial score (nSPS) is 12.2. The topological polar surface area (TPSA) is 78.9 Å². The van der Waals surface area contributed by atoms with Crippen LogP contribution in [-0.4, -0.2) is 37.2 Å². The Bertz CT molecular complexity index is 1020. The van der Waals surface area contributed by atoms with Crippen LogP contribution in [0.1, 0.15) is 271 Å². The van der Waals surface area contributed by atoms with Crippen LogP contribution in [0.5, 0.6) is 0 Å². The summed E-state index contributed by atoms with van der Waals surface area (Å²) in [7, 11) is 0. The summed E-state index contributed by atoms with van der Waals surface area (Å²) >= 11 is 0. The monoisotopic (exact) mass is 843 g/mol. The highest BCUT2D eigenvalue weighted by molar-refractivity contribution is 5.71. The van der Waals surface area contributed by atoms with E-state index < -0.39 is 6.10 Å². The lowest BCUT2D eigenvalue weighted by atomic mass is 10.0. The fourth-order valence-corrected chi connectivity index (χ4v) is 7.56. The fourth-order valence-electron chi connectivity index (χ4n) is 7.56. The Morgan fingerprint density at radius 2 is 0.650 bits per heavy atom. The van der Waals surface area contributed by atoms with Crippen molar-refractivity contribution in [1.82, 2.24) is 0 Å². The molecule has 6 nitrogen and oxygen atoms in total. The lowest BCUT2D eigenvalue weighted by Gasteiger charge is -2.18. The molecule has 0 aromatic rings. The third-order valence-electron chi connectivity index (χ3n) is 11.5. The molecular weight excluding hydrogens is 745 g/mol. The van der Waals surface area contributed by atoms with E-state index >= 15 is 0 Å². The van der Waals surface area contributed by atoms with Gasteiger partial charge in [0.2, 0.25) is 0 Å². The van der Waals surface area contributed by atoms with E-state index in [0.29, 0.717) is 19.3 Å². The minimum absolute atomic E-state index is 0.0763. The summed E-state index contributed by atoms with van der Waals surface area (Å²) in [4.78, 5) is 37.9. The van der Waals surface area contributed by atoms with E-state index in [0.717, 1.165) is 83.5 Å². The Morgan fingerprint density at radius 1 is 0.350 bits per heavy atom. The van der Waals surface area contributed by atoms with Gasteiger partial charge in [-0.1, -0.05) is 250 Å². The van der Waals surface area contributed by atoms with Gasteiger partial charge in [-0.25, -0.2) is 0 Å². The first kappa shape index (κ1) is 57.6. The maximum Gasteiger partial charge on any atom is 0.306 e. The largest absolute Gasteiger partial charge is 0.462 e. The molecule has 0 aliphatic carbocycles. The zero-order valence-electron chi connectivity index (χ0n) is 40.0. The Hall–Kier alpha value is -2.37. The molecule has 0 aliphatic rings. The van der Waals surface area contributed by atoms with Gasteiger partial charge in [-0.15, -0.1) is 0 Å². The number of unbranched alkanes of at least 4 members (excludes halogenated alkanes) is 32. The molecule has 0 fully saturated rings. The number of ether oxygens (including phenoxy) is 3. The number of hydrogen-bond donors (Lipinski definition) is 0. The predicted octanol–water partition coefficient (Wildman–Crippen LogP) is 16.9. The van der Waals surface area contributed by atoms with Crippen molar-refractivity contribution < 1.29 is 28.6 Å². The van der Waals surface area contributed by atoms with Crippen LogP contribution in [0.25, 0.3) is 0 Å². The molecular formula is C54H98O6. The molecule has 0 rings (SSSR count). The molecule has 0 saturated carbocycles. The standard InChI is InChI=1S/C54H98O6/c1-4-7-10-13-16-19-22-25-26-27-30-32-35-38-41-44-47-53(56)59-50-51(60-54(57)48-45-42-39-36-33-29-24-21-18-15-12-9-6-3)49-58-52(55)46-43-40-37-34-31-28-23-20-17-14-11-8-5-2/h9,12,15,18,21,24,51H,4-8,10-11,13-14,16-17,19-20,22-23,25-50H2,1-3H3/b12-9+,18-15+,24-21+. The van der Waals surface area contributed by atoms with Crippen molar-refractivity contribution in [3.8, 4) is 0 Å². The van der Waals surface area contributed by atoms with Crippen LogP contribution in [0.3, 0.4) is 0 Å². The zero-order valence-corrected chi connectivity index (χ0v) is 40.0. The van der Waals surface area contributed by atoms with Crippen molar-refractivity contribution >= 4 is 17.9 Å². The molecule has 350 valence electrons. The van der Waals surface area contributed by atoms with E-state index in [1.165, 1.54) is 148 Å². The Labute approximate surface area is 372 Å². The lowest BCUT2D eigenvalue weighted by Crippen LogP contribution is -2.30. The van der Waals surface area contributed by atoms with Crippen molar-refractivity contribution in [3.63, 3.8) is 0 Å². The van der Waals surface area contributed by atoms with E-state index in [1.807, 2.05) is 0 Å². The predicted molar refractivity (Wildman–Crippen MR) is 256 cm³/mol. The third-order valence-corrected chi connectivity index (χ3v) is 11.5. The van der Waals surface area contributed by atoms with Crippen molar-refractivity contribution in [2.75, 3.05) is 13.2 Å². The van der Waals surface area contributed by atoms with Gasteiger partial charge in [-0.3, -0.25) is 14.4 Å². The molecule has 0 aromatic carbocycles. The van der Waals surface area contributed by atoms with Crippen LogP contribution < -0.4 is 0 Å². The number of esters is 3. The quantitative estimate of drug-likeness (QED) is 0.0263. The maximum atomic E-state index is 12.8. The van der Waals surface area contributed by atoms with Gasteiger partial charge in [0.05, 0.1) is 0 Å². The molecule has 0 aliphatic heterocycles. The summed E-state index contributed by atoms with van der Waals surface area (Å²) < 4.78 is 16.8. The number of allylic oxidation sites excluding steroid dienone is 6. The van der Waals surface area contributed by atoms with Crippen LogP contribution in [0, 0.1) is 0 Å². The van der Waals surface area contributed by atoms with Gasteiger partial charge in [0, 0.05) is 19.3 Å². The number of carbonyl (C=O) groups excluding carboxylic acids is 3. The van der Waals surface area contributed by atoms with E-state index in [2.05, 4.69) is 57.2 Å². The number of rotatable bonds is 47. The van der Waals surface area contributed by atoms with Crippen LogP contribution in [0.2, 0.25) is 0 Å². The minimum atomic E-state index is -0.777. The molecule has 1 unspecified atom stereocenters. The SMILES string of the molecule is CC/C=C/C=C/C=C/CCCCCCCC(=O)OC(COC(=O)CCCCCCCCCCCCCCC)COC(=O)CCCCCCCCCCCCCCCCCC. The summed E-state index contributed by atoms with van der Waals surface area (Å²) in [5.41, 5.74) is 0. The number of hydrogen-bond acceptors (Lipinski definition) is 6. The smallest absolute Gasteiger partial charge is 0.306 e. The van der Waals surface area contributed by atoms with Crippen LogP contribution >= 0.6 is 0 Å². The molecule has 0 bridgehead atoms. The molecule has 0 spiro atoms. The highest BCUT2D eigenvalue weighted by atomic mass is 16.6. The van der Waals surface area contributed by atoms with Crippen LogP contribution in [-0.2, 0) is 28.6 Å². The summed E-state index contributed by atoms with van der Waals surface area (Å²) in [6.45, 7) is 6.51. The first-order valence-electron chi connectivity index (χ1n) is 26.0. The number of carbonyl (C=O) groups is 3. The lowest BCUT2D eigenvalue weighted by molar-refractivity contribution is -0.167. The average molecular weight is 843 g/mol. The van der Waals surface area contributed by atoms with E-state index in [1.54, 1.807) is 0 Å². The Balaban J connectivity index is 4.35. The van der Waals surface area contributed by atoms with Gasteiger partial charge >= 0.3 is 17.9 Å². The van der Waals surface area contributed by atoms with Gasteiger partial charge in [-0.2, -0.15) is 0 Å². The molecule has 6 heteroatoms. The highest BCUT2D eigenvalue weighted by Crippen LogP contribution is 2.16.